The maximum Gasteiger partial charge on any atom is 0.239 e. The van der Waals surface area contributed by atoms with Crippen LogP contribution in [0.2, 0.25) is 0 Å². The topological polar surface area (TPSA) is 63.6 Å². The van der Waals surface area contributed by atoms with Crippen LogP contribution in [0.3, 0.4) is 0 Å². The second-order valence-corrected chi connectivity index (χ2v) is 5.85. The number of carbonyl (C=O) groups excluding carboxylic acids is 1. The molecule has 1 amide bonds. The van der Waals surface area contributed by atoms with Crippen molar-refractivity contribution in [2.45, 2.75) is 19.5 Å². The minimum Gasteiger partial charge on any atom is -0.368 e. The molecule has 0 saturated heterocycles. The molecule has 0 radical (unpaired) electrons. The Morgan fingerprint density at radius 3 is 2.83 bits per heavy atom. The first-order chi connectivity index (χ1) is 11.5. The van der Waals surface area contributed by atoms with E-state index in [1.54, 1.807) is 24.1 Å². The van der Waals surface area contributed by atoms with Crippen LogP contribution >= 0.6 is 0 Å². The Morgan fingerprint density at radius 2 is 2.12 bits per heavy atom. The van der Waals surface area contributed by atoms with Crippen molar-refractivity contribution >= 4 is 11.6 Å². The summed E-state index contributed by atoms with van der Waals surface area (Å²) in [5, 5.41) is 0. The maximum atomic E-state index is 13.5. The molecule has 0 aliphatic heterocycles. The number of pyridine rings is 1. The number of aryl methyl sites for hydroxylation is 1. The average Bonchev–Trinajstić information content (AvgIpc) is 2.83. The summed E-state index contributed by atoms with van der Waals surface area (Å²) in [7, 11) is 1.79. The third kappa shape index (κ3) is 3.00. The van der Waals surface area contributed by atoms with Gasteiger partial charge >= 0.3 is 0 Å². The maximum absolute atomic E-state index is 13.5. The van der Waals surface area contributed by atoms with Gasteiger partial charge in [-0.05, 0) is 43.8 Å². The quantitative estimate of drug-likeness (QED) is 0.783. The van der Waals surface area contributed by atoms with Gasteiger partial charge in [0.25, 0.3) is 0 Å². The van der Waals surface area contributed by atoms with E-state index in [1.165, 1.54) is 12.1 Å². The molecule has 0 spiro atoms. The number of fused-ring (bicyclic) bond motifs is 1. The van der Waals surface area contributed by atoms with E-state index in [9.17, 15) is 9.18 Å². The minimum absolute atomic E-state index is 0.391. The number of halogens is 1. The molecule has 1 atom stereocenters. The number of imidazole rings is 1. The Balaban J connectivity index is 1.95. The molecule has 3 rings (SSSR count). The molecule has 2 N–H and O–H groups in total. The smallest absolute Gasteiger partial charge is 0.239 e. The molecule has 24 heavy (non-hydrogen) atoms. The molecule has 0 fully saturated rings. The van der Waals surface area contributed by atoms with Gasteiger partial charge in [0, 0.05) is 12.7 Å². The molecule has 124 valence electrons. The number of aromatic nitrogens is 2. The van der Waals surface area contributed by atoms with Crippen LogP contribution < -0.4 is 5.73 Å². The highest BCUT2D eigenvalue weighted by molar-refractivity contribution is 5.81. The zero-order valence-electron chi connectivity index (χ0n) is 13.6. The van der Waals surface area contributed by atoms with Gasteiger partial charge in [-0.1, -0.05) is 18.2 Å². The molecule has 0 bridgehead atoms. The Bertz CT molecular complexity index is 890. The highest BCUT2D eigenvalue weighted by atomic mass is 19.1. The van der Waals surface area contributed by atoms with Gasteiger partial charge in [0.2, 0.25) is 5.91 Å². The van der Waals surface area contributed by atoms with Crippen LogP contribution in [-0.4, -0.2) is 27.2 Å². The average molecular weight is 326 g/mol. The standard InChI is InChI=1S/C18H19FN4O/c1-12-15(23-9-4-3-8-16(23)21-12)11-22(2)17(18(20)24)13-6-5-7-14(19)10-13/h3-10,17H,11H2,1-2H3,(H2,20,24)/t17-/m0/s1. The number of hydrogen-bond acceptors (Lipinski definition) is 3. The van der Waals surface area contributed by atoms with E-state index in [2.05, 4.69) is 4.98 Å². The summed E-state index contributed by atoms with van der Waals surface area (Å²) in [4.78, 5) is 18.3. The zero-order chi connectivity index (χ0) is 17.3. The lowest BCUT2D eigenvalue weighted by atomic mass is 10.0. The van der Waals surface area contributed by atoms with Crippen LogP contribution in [0.1, 0.15) is 23.0 Å². The number of nitrogens with zero attached hydrogens (tertiary/aromatic N) is 3. The van der Waals surface area contributed by atoms with Crippen molar-refractivity contribution in [3.05, 3.63) is 71.4 Å². The first-order valence-corrected chi connectivity index (χ1v) is 7.65. The van der Waals surface area contributed by atoms with E-state index in [4.69, 9.17) is 5.73 Å². The second-order valence-electron chi connectivity index (χ2n) is 5.85. The molecule has 2 heterocycles. The van der Waals surface area contributed by atoms with Crippen molar-refractivity contribution in [3.63, 3.8) is 0 Å². The molecule has 0 unspecified atom stereocenters. The van der Waals surface area contributed by atoms with E-state index >= 15 is 0 Å². The Labute approximate surface area is 139 Å². The van der Waals surface area contributed by atoms with Crippen molar-refractivity contribution in [2.24, 2.45) is 5.73 Å². The molecule has 6 heteroatoms. The molecular formula is C18H19FN4O. The predicted molar refractivity (Wildman–Crippen MR) is 89.7 cm³/mol. The summed E-state index contributed by atoms with van der Waals surface area (Å²) in [6, 6.07) is 11.0. The lowest BCUT2D eigenvalue weighted by Crippen LogP contribution is -2.35. The SMILES string of the molecule is Cc1nc2ccccn2c1CN(C)[C@H](C(N)=O)c1cccc(F)c1. The van der Waals surface area contributed by atoms with Gasteiger partial charge in [0.05, 0.1) is 11.4 Å². The lowest BCUT2D eigenvalue weighted by molar-refractivity contribution is -0.123. The van der Waals surface area contributed by atoms with Crippen LogP contribution in [0.25, 0.3) is 5.65 Å². The highest BCUT2D eigenvalue weighted by Crippen LogP contribution is 2.23. The van der Waals surface area contributed by atoms with E-state index in [0.717, 1.165) is 17.0 Å². The first-order valence-electron chi connectivity index (χ1n) is 7.65. The van der Waals surface area contributed by atoms with Gasteiger partial charge in [-0.2, -0.15) is 0 Å². The summed E-state index contributed by atoms with van der Waals surface area (Å²) < 4.78 is 15.5. The van der Waals surface area contributed by atoms with Crippen LogP contribution in [0.4, 0.5) is 4.39 Å². The van der Waals surface area contributed by atoms with Gasteiger partial charge in [-0.25, -0.2) is 9.37 Å². The zero-order valence-corrected chi connectivity index (χ0v) is 13.6. The third-order valence-corrected chi connectivity index (χ3v) is 4.10. The summed E-state index contributed by atoms with van der Waals surface area (Å²) >= 11 is 0. The van der Waals surface area contributed by atoms with Gasteiger partial charge in [-0.15, -0.1) is 0 Å². The van der Waals surface area contributed by atoms with Gasteiger partial charge in [-0.3, -0.25) is 9.69 Å². The molecular weight excluding hydrogens is 307 g/mol. The summed E-state index contributed by atoms with van der Waals surface area (Å²) in [5.41, 5.74) is 8.81. The molecule has 0 saturated carbocycles. The van der Waals surface area contributed by atoms with Crippen molar-refractivity contribution in [2.75, 3.05) is 7.05 Å². The van der Waals surface area contributed by atoms with Gasteiger partial charge < -0.3 is 10.1 Å². The van der Waals surface area contributed by atoms with Crippen LogP contribution in [0, 0.1) is 12.7 Å². The highest BCUT2D eigenvalue weighted by Gasteiger charge is 2.25. The Hall–Kier alpha value is -2.73. The minimum atomic E-state index is -0.714. The third-order valence-electron chi connectivity index (χ3n) is 4.10. The summed E-state index contributed by atoms with van der Waals surface area (Å²) in [6.07, 6.45) is 1.93. The fourth-order valence-corrected chi connectivity index (χ4v) is 2.99. The number of nitrogens with two attached hydrogens (primary N) is 1. The molecule has 5 nitrogen and oxygen atoms in total. The van der Waals surface area contributed by atoms with E-state index in [0.29, 0.717) is 12.1 Å². The largest absolute Gasteiger partial charge is 0.368 e. The van der Waals surface area contributed by atoms with E-state index < -0.39 is 17.8 Å². The Kier molecular flexibility index (Phi) is 4.31. The second kappa shape index (κ2) is 6.41. The fourth-order valence-electron chi connectivity index (χ4n) is 2.99. The summed E-state index contributed by atoms with van der Waals surface area (Å²) in [5.74, 6) is -0.910. The number of rotatable bonds is 5. The number of carbonyl (C=O) groups is 1. The van der Waals surface area contributed by atoms with Gasteiger partial charge in [0.15, 0.2) is 0 Å². The van der Waals surface area contributed by atoms with Crippen molar-refractivity contribution < 1.29 is 9.18 Å². The van der Waals surface area contributed by atoms with Crippen LogP contribution in [0.5, 0.6) is 0 Å². The summed E-state index contributed by atoms with van der Waals surface area (Å²) in [6.45, 7) is 2.39. The molecule has 0 aliphatic carbocycles. The first kappa shape index (κ1) is 16.1. The molecule has 2 aromatic heterocycles. The van der Waals surface area contributed by atoms with E-state index in [1.807, 2.05) is 35.7 Å². The van der Waals surface area contributed by atoms with Crippen molar-refractivity contribution in [3.8, 4) is 0 Å². The Morgan fingerprint density at radius 1 is 1.33 bits per heavy atom. The number of likely N-dealkylation sites (N-methyl/N-ethyl adjacent to an activating group) is 1. The van der Waals surface area contributed by atoms with Crippen LogP contribution in [-0.2, 0) is 11.3 Å². The van der Waals surface area contributed by atoms with Crippen molar-refractivity contribution in [1.82, 2.24) is 14.3 Å². The monoisotopic (exact) mass is 326 g/mol. The number of hydrogen-bond donors (Lipinski definition) is 1. The lowest BCUT2D eigenvalue weighted by Gasteiger charge is -2.26. The van der Waals surface area contributed by atoms with Crippen molar-refractivity contribution in [1.29, 1.82) is 0 Å². The number of amides is 1. The molecule has 1 aromatic carbocycles. The molecule has 3 aromatic rings. The fraction of sp³-hybridized carbons (Fsp3) is 0.222. The predicted octanol–water partition coefficient (Wildman–Crippen LogP) is 2.44. The van der Waals surface area contributed by atoms with Gasteiger partial charge in [0.1, 0.15) is 17.5 Å². The van der Waals surface area contributed by atoms with E-state index in [-0.39, 0.29) is 0 Å². The molecule has 0 aliphatic rings. The van der Waals surface area contributed by atoms with Crippen LogP contribution in [0.15, 0.2) is 48.7 Å². The number of primary amides is 1. The number of benzene rings is 1. The normalized spacial score (nSPS) is 12.7.